The summed E-state index contributed by atoms with van der Waals surface area (Å²) >= 11 is 0. The smallest absolute Gasteiger partial charge is 0.308 e. The van der Waals surface area contributed by atoms with Crippen LogP contribution in [0.5, 0.6) is 0 Å². The highest BCUT2D eigenvalue weighted by Gasteiger charge is 2.16. The van der Waals surface area contributed by atoms with Gasteiger partial charge in [0.25, 0.3) is 0 Å². The van der Waals surface area contributed by atoms with Gasteiger partial charge in [0.05, 0.1) is 5.92 Å². The molecule has 0 amide bonds. The van der Waals surface area contributed by atoms with Gasteiger partial charge in [-0.2, -0.15) is 0 Å². The Balaban J connectivity index is 2.35. The minimum atomic E-state index is -0.108. The maximum absolute atomic E-state index is 11.3. The second-order valence-electron chi connectivity index (χ2n) is 4.94. The van der Waals surface area contributed by atoms with E-state index in [1.54, 1.807) is 0 Å². The normalized spacial score (nSPS) is 20.5. The van der Waals surface area contributed by atoms with Gasteiger partial charge in [0.2, 0.25) is 0 Å². The average Bonchev–Trinajstić information content (AvgIpc) is 2.26. The predicted octanol–water partition coefficient (Wildman–Crippen LogP) is 3.49. The Kier molecular flexibility index (Phi) is 4.78. The Morgan fingerprint density at radius 1 is 1.62 bits per heavy atom. The van der Waals surface area contributed by atoms with Crippen LogP contribution in [-0.2, 0) is 9.53 Å². The van der Waals surface area contributed by atoms with E-state index in [9.17, 15) is 4.79 Å². The zero-order valence-electron chi connectivity index (χ0n) is 10.6. The highest BCUT2D eigenvalue weighted by molar-refractivity contribution is 5.71. The quantitative estimate of drug-likeness (QED) is 0.537. The van der Waals surface area contributed by atoms with E-state index >= 15 is 0 Å². The fraction of sp³-hybridized carbons (Fsp3) is 0.643. The standard InChI is InChI=1S/C14H22O2/c1-10(2)13-7-5-12(6-8-13)9-16-14(15)11(3)4/h5,11,13H,1,6-9H2,2-4H3/t13-/m0/s1. The number of allylic oxidation sites excluding steroid dienone is 2. The fourth-order valence-electron chi connectivity index (χ4n) is 1.80. The van der Waals surface area contributed by atoms with Crippen LogP contribution < -0.4 is 0 Å². The summed E-state index contributed by atoms with van der Waals surface area (Å²) in [5.41, 5.74) is 2.51. The Morgan fingerprint density at radius 3 is 2.75 bits per heavy atom. The number of esters is 1. The van der Waals surface area contributed by atoms with Crippen molar-refractivity contribution in [2.24, 2.45) is 11.8 Å². The Morgan fingerprint density at radius 2 is 2.31 bits per heavy atom. The van der Waals surface area contributed by atoms with Gasteiger partial charge in [-0.15, -0.1) is 0 Å². The van der Waals surface area contributed by atoms with Crippen LogP contribution in [0.4, 0.5) is 0 Å². The fourth-order valence-corrected chi connectivity index (χ4v) is 1.80. The molecule has 0 N–H and O–H groups in total. The van der Waals surface area contributed by atoms with E-state index < -0.39 is 0 Å². The van der Waals surface area contributed by atoms with E-state index in [2.05, 4.69) is 19.6 Å². The van der Waals surface area contributed by atoms with Gasteiger partial charge in [0.1, 0.15) is 6.61 Å². The van der Waals surface area contributed by atoms with Crippen LogP contribution in [0.3, 0.4) is 0 Å². The molecule has 2 nitrogen and oxygen atoms in total. The van der Waals surface area contributed by atoms with E-state index in [-0.39, 0.29) is 11.9 Å². The molecule has 2 heteroatoms. The van der Waals surface area contributed by atoms with Gasteiger partial charge in [-0.3, -0.25) is 4.79 Å². The van der Waals surface area contributed by atoms with Crippen molar-refractivity contribution in [1.29, 1.82) is 0 Å². The molecule has 1 rings (SSSR count). The third-order valence-electron chi connectivity index (χ3n) is 3.07. The minimum absolute atomic E-state index is 0.0349. The molecule has 1 aliphatic carbocycles. The molecule has 0 radical (unpaired) electrons. The monoisotopic (exact) mass is 222 g/mol. The maximum atomic E-state index is 11.3. The number of rotatable bonds is 4. The lowest BCUT2D eigenvalue weighted by atomic mass is 9.86. The Hall–Kier alpha value is -1.05. The summed E-state index contributed by atoms with van der Waals surface area (Å²) in [6.07, 6.45) is 5.42. The van der Waals surface area contributed by atoms with Crippen molar-refractivity contribution in [3.05, 3.63) is 23.8 Å². The number of carbonyl (C=O) groups is 1. The lowest BCUT2D eigenvalue weighted by molar-refractivity contribution is -0.146. The minimum Gasteiger partial charge on any atom is -0.461 e. The van der Waals surface area contributed by atoms with Gasteiger partial charge in [-0.05, 0) is 37.7 Å². The van der Waals surface area contributed by atoms with Crippen LogP contribution in [0, 0.1) is 11.8 Å². The molecule has 16 heavy (non-hydrogen) atoms. The second kappa shape index (κ2) is 5.88. The van der Waals surface area contributed by atoms with Crippen molar-refractivity contribution in [1.82, 2.24) is 0 Å². The number of hydrogen-bond acceptors (Lipinski definition) is 2. The summed E-state index contributed by atoms with van der Waals surface area (Å²) in [6.45, 7) is 10.3. The zero-order valence-corrected chi connectivity index (χ0v) is 10.6. The molecule has 0 aromatic rings. The van der Waals surface area contributed by atoms with Crippen molar-refractivity contribution in [2.75, 3.05) is 6.61 Å². The molecule has 1 aliphatic rings. The lowest BCUT2D eigenvalue weighted by Gasteiger charge is -2.22. The van der Waals surface area contributed by atoms with Gasteiger partial charge in [-0.25, -0.2) is 0 Å². The first-order valence-corrected chi connectivity index (χ1v) is 6.00. The lowest BCUT2D eigenvalue weighted by Crippen LogP contribution is -2.15. The second-order valence-corrected chi connectivity index (χ2v) is 4.94. The van der Waals surface area contributed by atoms with Gasteiger partial charge < -0.3 is 4.74 Å². The number of hydrogen-bond donors (Lipinski definition) is 0. The summed E-state index contributed by atoms with van der Waals surface area (Å²) in [6, 6.07) is 0. The summed E-state index contributed by atoms with van der Waals surface area (Å²) in [7, 11) is 0. The molecule has 0 saturated carbocycles. The zero-order chi connectivity index (χ0) is 12.1. The molecular weight excluding hydrogens is 200 g/mol. The van der Waals surface area contributed by atoms with Crippen molar-refractivity contribution >= 4 is 5.97 Å². The van der Waals surface area contributed by atoms with Crippen LogP contribution in [-0.4, -0.2) is 12.6 Å². The third kappa shape index (κ3) is 3.84. The molecule has 0 bridgehead atoms. The highest BCUT2D eigenvalue weighted by Crippen LogP contribution is 2.28. The number of carbonyl (C=O) groups excluding carboxylic acids is 1. The molecule has 0 fully saturated rings. The van der Waals surface area contributed by atoms with Crippen LogP contribution in [0.15, 0.2) is 23.8 Å². The number of ether oxygens (including phenoxy) is 1. The van der Waals surface area contributed by atoms with Crippen molar-refractivity contribution in [3.63, 3.8) is 0 Å². The summed E-state index contributed by atoms with van der Waals surface area (Å²) in [5.74, 6) is 0.472. The molecule has 0 heterocycles. The third-order valence-corrected chi connectivity index (χ3v) is 3.07. The van der Waals surface area contributed by atoms with E-state index in [1.165, 1.54) is 11.1 Å². The van der Waals surface area contributed by atoms with Crippen LogP contribution in [0.1, 0.15) is 40.0 Å². The maximum Gasteiger partial charge on any atom is 0.308 e. The molecule has 0 spiro atoms. The largest absolute Gasteiger partial charge is 0.461 e. The first-order valence-electron chi connectivity index (χ1n) is 6.00. The molecular formula is C14H22O2. The van der Waals surface area contributed by atoms with Crippen LogP contribution in [0.2, 0.25) is 0 Å². The van der Waals surface area contributed by atoms with Gasteiger partial charge in [-0.1, -0.05) is 32.1 Å². The topological polar surface area (TPSA) is 26.3 Å². The van der Waals surface area contributed by atoms with Gasteiger partial charge in [0, 0.05) is 0 Å². The summed E-state index contributed by atoms with van der Waals surface area (Å²) in [4.78, 5) is 11.3. The molecule has 0 unspecified atom stereocenters. The molecule has 0 saturated heterocycles. The molecule has 0 aromatic heterocycles. The van der Waals surface area contributed by atoms with Gasteiger partial charge in [0.15, 0.2) is 0 Å². The SMILES string of the molecule is C=C(C)[C@H]1CC=C(COC(=O)C(C)C)CC1. The molecule has 0 aliphatic heterocycles. The van der Waals surface area contributed by atoms with Crippen LogP contribution >= 0.6 is 0 Å². The van der Waals surface area contributed by atoms with Gasteiger partial charge >= 0.3 is 5.97 Å². The van der Waals surface area contributed by atoms with E-state index in [0.717, 1.165) is 19.3 Å². The molecule has 1 atom stereocenters. The van der Waals surface area contributed by atoms with Crippen molar-refractivity contribution in [2.45, 2.75) is 40.0 Å². The predicted molar refractivity (Wildman–Crippen MR) is 66.0 cm³/mol. The molecule has 90 valence electrons. The Labute approximate surface area is 98.4 Å². The van der Waals surface area contributed by atoms with Crippen molar-refractivity contribution in [3.8, 4) is 0 Å². The Bertz CT molecular complexity index is 300. The van der Waals surface area contributed by atoms with Crippen molar-refractivity contribution < 1.29 is 9.53 Å². The summed E-state index contributed by atoms with van der Waals surface area (Å²) < 4.78 is 5.21. The highest BCUT2D eigenvalue weighted by atomic mass is 16.5. The van der Waals surface area contributed by atoms with E-state index in [1.807, 2.05) is 13.8 Å². The first kappa shape index (κ1) is 13.0. The van der Waals surface area contributed by atoms with E-state index in [0.29, 0.717) is 12.5 Å². The average molecular weight is 222 g/mol. The van der Waals surface area contributed by atoms with Crippen LogP contribution in [0.25, 0.3) is 0 Å². The summed E-state index contributed by atoms with van der Waals surface area (Å²) in [5, 5.41) is 0. The molecule has 0 aromatic carbocycles. The van der Waals surface area contributed by atoms with E-state index in [4.69, 9.17) is 4.74 Å². The first-order chi connectivity index (χ1) is 7.50.